The predicted octanol–water partition coefficient (Wildman–Crippen LogP) is 1.05. The van der Waals surface area contributed by atoms with Crippen LogP contribution in [0.4, 0.5) is 8.78 Å². The summed E-state index contributed by atoms with van der Waals surface area (Å²) in [4.78, 5) is 11.8. The molecule has 0 saturated carbocycles. The van der Waals surface area contributed by atoms with Crippen LogP contribution < -0.4 is 5.73 Å². The molecule has 2 unspecified atom stereocenters. The number of rotatable bonds is 3. The molecular weight excluding hydrogens is 228 g/mol. The molecule has 1 aliphatic heterocycles. The molecule has 1 aliphatic rings. The highest BCUT2D eigenvalue weighted by atomic mass is 19.2. The lowest BCUT2D eigenvalue weighted by atomic mass is 9.94. The first-order valence-corrected chi connectivity index (χ1v) is 5.38. The second-order valence-corrected chi connectivity index (χ2v) is 4.16. The molecule has 2 N–H and O–H groups in total. The smallest absolute Gasteiger partial charge is 0.162 e. The van der Waals surface area contributed by atoms with Crippen molar-refractivity contribution in [3.63, 3.8) is 0 Å². The standard InChI is InChI=1S/C12H13F2NO2/c13-9-3-1-2-7(12(9)14)4-11(16)8-5-17-6-10(8)15/h1-3,8,10H,4-6,15H2. The summed E-state index contributed by atoms with van der Waals surface area (Å²) < 4.78 is 31.4. The molecule has 0 spiro atoms. The lowest BCUT2D eigenvalue weighted by molar-refractivity contribution is -0.122. The number of halogens is 2. The van der Waals surface area contributed by atoms with Gasteiger partial charge in [0.25, 0.3) is 0 Å². The molecule has 1 aromatic rings. The van der Waals surface area contributed by atoms with Gasteiger partial charge in [-0.25, -0.2) is 8.78 Å². The van der Waals surface area contributed by atoms with Crippen LogP contribution in [0.5, 0.6) is 0 Å². The van der Waals surface area contributed by atoms with E-state index in [4.69, 9.17) is 10.5 Å². The summed E-state index contributed by atoms with van der Waals surface area (Å²) in [6.45, 7) is 0.596. The highest BCUT2D eigenvalue weighted by molar-refractivity contribution is 5.84. The third-order valence-corrected chi connectivity index (χ3v) is 2.93. The minimum atomic E-state index is -0.965. The van der Waals surface area contributed by atoms with Gasteiger partial charge in [-0.2, -0.15) is 0 Å². The van der Waals surface area contributed by atoms with Crippen LogP contribution in [0, 0.1) is 17.6 Å². The van der Waals surface area contributed by atoms with Crippen molar-refractivity contribution in [2.24, 2.45) is 11.7 Å². The fourth-order valence-corrected chi connectivity index (χ4v) is 1.91. The summed E-state index contributed by atoms with van der Waals surface area (Å²) in [5.41, 5.74) is 5.75. The van der Waals surface area contributed by atoms with Gasteiger partial charge < -0.3 is 10.5 Å². The Hall–Kier alpha value is -1.33. The fourth-order valence-electron chi connectivity index (χ4n) is 1.91. The Morgan fingerprint density at radius 3 is 2.82 bits per heavy atom. The maximum Gasteiger partial charge on any atom is 0.162 e. The van der Waals surface area contributed by atoms with E-state index < -0.39 is 17.6 Å². The molecule has 92 valence electrons. The van der Waals surface area contributed by atoms with Crippen molar-refractivity contribution >= 4 is 5.78 Å². The first-order chi connectivity index (χ1) is 8.09. The highest BCUT2D eigenvalue weighted by Crippen LogP contribution is 2.18. The largest absolute Gasteiger partial charge is 0.379 e. The molecule has 1 heterocycles. The van der Waals surface area contributed by atoms with Crippen molar-refractivity contribution in [1.29, 1.82) is 0 Å². The Bertz CT molecular complexity index is 437. The maximum atomic E-state index is 13.4. The van der Waals surface area contributed by atoms with E-state index in [1.807, 2.05) is 0 Å². The number of ketones is 1. The Morgan fingerprint density at radius 1 is 1.41 bits per heavy atom. The maximum absolute atomic E-state index is 13.4. The zero-order chi connectivity index (χ0) is 12.4. The molecule has 0 bridgehead atoms. The van der Waals surface area contributed by atoms with Crippen LogP contribution in [0.2, 0.25) is 0 Å². The zero-order valence-electron chi connectivity index (χ0n) is 9.16. The van der Waals surface area contributed by atoms with Crippen molar-refractivity contribution in [3.05, 3.63) is 35.4 Å². The summed E-state index contributed by atoms with van der Waals surface area (Å²) in [7, 11) is 0. The molecule has 5 heteroatoms. The normalized spacial score (nSPS) is 23.9. The first-order valence-electron chi connectivity index (χ1n) is 5.38. The SMILES string of the molecule is NC1COCC1C(=O)Cc1cccc(F)c1F. The van der Waals surface area contributed by atoms with Crippen LogP contribution in [-0.2, 0) is 16.0 Å². The first kappa shape index (κ1) is 12.1. The van der Waals surface area contributed by atoms with Gasteiger partial charge in [0.15, 0.2) is 11.6 Å². The molecule has 1 aromatic carbocycles. The van der Waals surface area contributed by atoms with E-state index in [0.29, 0.717) is 6.61 Å². The van der Waals surface area contributed by atoms with Gasteiger partial charge in [0, 0.05) is 12.5 Å². The van der Waals surface area contributed by atoms with Gasteiger partial charge in [-0.15, -0.1) is 0 Å². The van der Waals surface area contributed by atoms with Gasteiger partial charge in [-0.1, -0.05) is 12.1 Å². The minimum Gasteiger partial charge on any atom is -0.379 e. The van der Waals surface area contributed by atoms with E-state index in [9.17, 15) is 13.6 Å². The van der Waals surface area contributed by atoms with E-state index in [0.717, 1.165) is 6.07 Å². The second kappa shape index (κ2) is 4.89. The van der Waals surface area contributed by atoms with Crippen molar-refractivity contribution in [2.45, 2.75) is 12.5 Å². The summed E-state index contributed by atoms with van der Waals surface area (Å²) >= 11 is 0. The van der Waals surface area contributed by atoms with Crippen LogP contribution >= 0.6 is 0 Å². The average Bonchev–Trinajstić information content (AvgIpc) is 2.71. The van der Waals surface area contributed by atoms with Gasteiger partial charge in [-0.05, 0) is 11.6 Å². The van der Waals surface area contributed by atoms with E-state index in [2.05, 4.69) is 0 Å². The number of nitrogens with two attached hydrogens (primary N) is 1. The molecular formula is C12H13F2NO2. The third kappa shape index (κ3) is 2.50. The molecule has 2 atom stereocenters. The molecule has 0 amide bonds. The molecule has 0 aromatic heterocycles. The number of carbonyl (C=O) groups is 1. The molecule has 3 nitrogen and oxygen atoms in total. The quantitative estimate of drug-likeness (QED) is 0.860. The van der Waals surface area contributed by atoms with Crippen molar-refractivity contribution in [1.82, 2.24) is 0 Å². The molecule has 0 radical (unpaired) electrons. The topological polar surface area (TPSA) is 52.3 Å². The van der Waals surface area contributed by atoms with Gasteiger partial charge in [0.05, 0.1) is 19.1 Å². The zero-order valence-corrected chi connectivity index (χ0v) is 9.16. The van der Waals surface area contributed by atoms with Crippen LogP contribution in [-0.4, -0.2) is 25.0 Å². The predicted molar refractivity (Wildman–Crippen MR) is 57.4 cm³/mol. The lowest BCUT2D eigenvalue weighted by Gasteiger charge is -2.12. The Balaban J connectivity index is 2.10. The van der Waals surface area contributed by atoms with Crippen molar-refractivity contribution < 1.29 is 18.3 Å². The number of hydrogen-bond donors (Lipinski definition) is 1. The average molecular weight is 241 g/mol. The van der Waals surface area contributed by atoms with Gasteiger partial charge in [0.1, 0.15) is 5.78 Å². The molecule has 17 heavy (non-hydrogen) atoms. The number of hydrogen-bond acceptors (Lipinski definition) is 3. The van der Waals surface area contributed by atoms with Crippen molar-refractivity contribution in [3.8, 4) is 0 Å². The van der Waals surface area contributed by atoms with Crippen LogP contribution in [0.3, 0.4) is 0 Å². The van der Waals surface area contributed by atoms with E-state index in [1.165, 1.54) is 12.1 Å². The van der Waals surface area contributed by atoms with Gasteiger partial charge >= 0.3 is 0 Å². The van der Waals surface area contributed by atoms with Crippen LogP contribution in [0.25, 0.3) is 0 Å². The monoisotopic (exact) mass is 241 g/mol. The summed E-state index contributed by atoms with van der Waals surface area (Å²) in [5.74, 6) is -2.53. The number of benzene rings is 1. The molecule has 1 saturated heterocycles. The number of ether oxygens (including phenoxy) is 1. The van der Waals surface area contributed by atoms with Gasteiger partial charge in [0.2, 0.25) is 0 Å². The Labute approximate surface area is 97.6 Å². The molecule has 2 rings (SSSR count). The number of carbonyl (C=O) groups excluding carboxylic acids is 1. The van der Waals surface area contributed by atoms with Gasteiger partial charge in [-0.3, -0.25) is 4.79 Å². The molecule has 0 aliphatic carbocycles. The van der Waals surface area contributed by atoms with Crippen LogP contribution in [0.15, 0.2) is 18.2 Å². The third-order valence-electron chi connectivity index (χ3n) is 2.93. The van der Waals surface area contributed by atoms with Crippen LogP contribution in [0.1, 0.15) is 5.56 Å². The van der Waals surface area contributed by atoms with Crippen molar-refractivity contribution in [2.75, 3.05) is 13.2 Å². The number of Topliss-reactive ketones (excluding diaryl/α,β-unsaturated/α-hetero) is 1. The summed E-state index contributed by atoms with van der Waals surface area (Å²) in [6.07, 6.45) is -0.148. The van der Waals surface area contributed by atoms with E-state index in [1.54, 1.807) is 0 Å². The Kier molecular flexibility index (Phi) is 3.49. The minimum absolute atomic E-state index is 0.0640. The Morgan fingerprint density at radius 2 is 2.18 bits per heavy atom. The fraction of sp³-hybridized carbons (Fsp3) is 0.417. The lowest BCUT2D eigenvalue weighted by Crippen LogP contribution is -2.35. The summed E-state index contributed by atoms with van der Waals surface area (Å²) in [6, 6.07) is 3.46. The van der Waals surface area contributed by atoms with E-state index in [-0.39, 0.29) is 30.4 Å². The van der Waals surface area contributed by atoms with E-state index >= 15 is 0 Å². The highest BCUT2D eigenvalue weighted by Gasteiger charge is 2.31. The second-order valence-electron chi connectivity index (χ2n) is 4.16. The summed E-state index contributed by atoms with van der Waals surface area (Å²) in [5, 5.41) is 0. The molecule has 1 fully saturated rings.